The molecular formula is C18H28N4O2. The summed E-state index contributed by atoms with van der Waals surface area (Å²) < 4.78 is 0. The van der Waals surface area contributed by atoms with Crippen LogP contribution in [0.3, 0.4) is 0 Å². The van der Waals surface area contributed by atoms with E-state index in [1.54, 1.807) is 4.90 Å². The summed E-state index contributed by atoms with van der Waals surface area (Å²) in [7, 11) is 0. The fourth-order valence-electron chi connectivity index (χ4n) is 2.98. The Morgan fingerprint density at radius 1 is 1.12 bits per heavy atom. The Morgan fingerprint density at radius 2 is 1.71 bits per heavy atom. The Hall–Kier alpha value is -2.08. The van der Waals surface area contributed by atoms with Gasteiger partial charge in [0.15, 0.2) is 0 Å². The number of nitrogens with one attached hydrogen (secondary N) is 2. The molecule has 1 heterocycles. The molecular weight excluding hydrogens is 304 g/mol. The van der Waals surface area contributed by atoms with Crippen LogP contribution in [-0.4, -0.2) is 60.5 Å². The van der Waals surface area contributed by atoms with Crippen molar-refractivity contribution >= 4 is 17.6 Å². The summed E-state index contributed by atoms with van der Waals surface area (Å²) in [4.78, 5) is 28.4. The zero-order valence-electron chi connectivity index (χ0n) is 15.1. The number of urea groups is 1. The summed E-state index contributed by atoms with van der Waals surface area (Å²) in [6, 6.07) is 5.74. The summed E-state index contributed by atoms with van der Waals surface area (Å²) in [5.74, 6) is -0.00106. The zero-order chi connectivity index (χ0) is 17.7. The monoisotopic (exact) mass is 332 g/mol. The second kappa shape index (κ2) is 8.15. The first-order chi connectivity index (χ1) is 11.4. The van der Waals surface area contributed by atoms with Gasteiger partial charge in [-0.05, 0) is 38.8 Å². The molecule has 24 heavy (non-hydrogen) atoms. The van der Waals surface area contributed by atoms with Gasteiger partial charge in [-0.1, -0.05) is 18.2 Å². The van der Waals surface area contributed by atoms with Crippen molar-refractivity contribution < 1.29 is 9.59 Å². The van der Waals surface area contributed by atoms with E-state index in [9.17, 15) is 9.59 Å². The molecule has 0 spiro atoms. The number of para-hydroxylation sites is 1. The highest BCUT2D eigenvalue weighted by atomic mass is 16.2. The van der Waals surface area contributed by atoms with E-state index in [0.29, 0.717) is 32.7 Å². The quantitative estimate of drug-likeness (QED) is 0.886. The molecule has 0 aromatic heterocycles. The lowest BCUT2D eigenvalue weighted by Gasteiger charge is -2.37. The Morgan fingerprint density at radius 3 is 2.25 bits per heavy atom. The molecule has 2 rings (SSSR count). The lowest BCUT2D eigenvalue weighted by atomic mass is 10.1. The maximum Gasteiger partial charge on any atom is 0.317 e. The zero-order valence-corrected chi connectivity index (χ0v) is 15.1. The molecule has 1 unspecified atom stereocenters. The number of hydrogen-bond donors (Lipinski definition) is 2. The van der Waals surface area contributed by atoms with Crippen LogP contribution in [0.4, 0.5) is 10.5 Å². The maximum absolute atomic E-state index is 12.6. The van der Waals surface area contributed by atoms with Gasteiger partial charge in [0.1, 0.15) is 0 Å². The highest BCUT2D eigenvalue weighted by Crippen LogP contribution is 2.20. The van der Waals surface area contributed by atoms with E-state index in [4.69, 9.17) is 0 Å². The summed E-state index contributed by atoms with van der Waals surface area (Å²) in [6.07, 6.45) is 0. The molecule has 1 aliphatic heterocycles. The van der Waals surface area contributed by atoms with Crippen LogP contribution in [0.2, 0.25) is 0 Å². The predicted molar refractivity (Wildman–Crippen MR) is 96.2 cm³/mol. The number of piperazine rings is 1. The summed E-state index contributed by atoms with van der Waals surface area (Å²) in [5.41, 5.74) is 3.03. The topological polar surface area (TPSA) is 64.7 Å². The molecule has 1 atom stereocenters. The molecule has 3 amide bonds. The molecule has 0 saturated carbocycles. The van der Waals surface area contributed by atoms with Crippen molar-refractivity contribution in [2.45, 2.75) is 33.7 Å². The second-order valence-electron chi connectivity index (χ2n) is 6.29. The van der Waals surface area contributed by atoms with Crippen LogP contribution in [0.1, 0.15) is 25.0 Å². The van der Waals surface area contributed by atoms with Crippen molar-refractivity contribution in [3.05, 3.63) is 29.3 Å². The minimum Gasteiger partial charge on any atom is -0.338 e. The van der Waals surface area contributed by atoms with Gasteiger partial charge in [0.2, 0.25) is 5.91 Å². The third kappa shape index (κ3) is 4.26. The normalized spacial score (nSPS) is 16.6. The van der Waals surface area contributed by atoms with Gasteiger partial charge in [0, 0.05) is 38.4 Å². The van der Waals surface area contributed by atoms with Crippen molar-refractivity contribution in [2.75, 3.05) is 38.0 Å². The summed E-state index contributed by atoms with van der Waals surface area (Å²) >= 11 is 0. The number of anilines is 1. The van der Waals surface area contributed by atoms with E-state index >= 15 is 0 Å². The third-order valence-corrected chi connectivity index (χ3v) is 4.59. The molecule has 1 aromatic rings. The minimum atomic E-state index is -0.222. The SMILES string of the molecule is CCNC(=O)N1CCN(C(C)C(=O)Nc2c(C)cccc2C)CC1. The average molecular weight is 332 g/mol. The lowest BCUT2D eigenvalue weighted by Crippen LogP contribution is -2.55. The van der Waals surface area contributed by atoms with E-state index in [1.165, 1.54) is 0 Å². The Balaban J connectivity index is 1.92. The first kappa shape index (κ1) is 18.3. The van der Waals surface area contributed by atoms with Crippen LogP contribution in [0, 0.1) is 13.8 Å². The number of nitrogens with zero attached hydrogens (tertiary/aromatic N) is 2. The molecule has 132 valence electrons. The van der Waals surface area contributed by atoms with Gasteiger partial charge >= 0.3 is 6.03 Å². The fraction of sp³-hybridized carbons (Fsp3) is 0.556. The van der Waals surface area contributed by atoms with Gasteiger partial charge in [-0.2, -0.15) is 0 Å². The smallest absolute Gasteiger partial charge is 0.317 e. The molecule has 2 N–H and O–H groups in total. The number of benzene rings is 1. The minimum absolute atomic E-state index is 0.00106. The lowest BCUT2D eigenvalue weighted by molar-refractivity contribution is -0.121. The number of hydrogen-bond acceptors (Lipinski definition) is 3. The van der Waals surface area contributed by atoms with E-state index in [2.05, 4.69) is 15.5 Å². The van der Waals surface area contributed by atoms with E-state index in [-0.39, 0.29) is 18.0 Å². The van der Waals surface area contributed by atoms with Crippen LogP contribution < -0.4 is 10.6 Å². The predicted octanol–water partition coefficient (Wildman–Crippen LogP) is 1.98. The number of carbonyl (C=O) groups excluding carboxylic acids is 2. The van der Waals surface area contributed by atoms with Gasteiger partial charge < -0.3 is 15.5 Å². The van der Waals surface area contributed by atoms with Crippen molar-refractivity contribution in [3.8, 4) is 0 Å². The Bertz CT molecular complexity index is 574. The van der Waals surface area contributed by atoms with Crippen LogP contribution in [-0.2, 0) is 4.79 Å². The van der Waals surface area contributed by atoms with Crippen LogP contribution in [0.15, 0.2) is 18.2 Å². The van der Waals surface area contributed by atoms with Crippen LogP contribution in [0.25, 0.3) is 0 Å². The molecule has 6 heteroatoms. The van der Waals surface area contributed by atoms with Crippen molar-refractivity contribution in [3.63, 3.8) is 0 Å². The van der Waals surface area contributed by atoms with Gasteiger partial charge in [-0.3, -0.25) is 9.69 Å². The number of aryl methyl sites for hydroxylation is 2. The summed E-state index contributed by atoms with van der Waals surface area (Å²) in [6.45, 7) is 11.2. The van der Waals surface area contributed by atoms with E-state index in [1.807, 2.05) is 45.9 Å². The molecule has 1 aromatic carbocycles. The molecule has 0 bridgehead atoms. The average Bonchev–Trinajstić information content (AvgIpc) is 2.58. The second-order valence-corrected chi connectivity index (χ2v) is 6.29. The third-order valence-electron chi connectivity index (χ3n) is 4.59. The molecule has 1 fully saturated rings. The molecule has 0 radical (unpaired) electrons. The first-order valence-corrected chi connectivity index (χ1v) is 8.58. The molecule has 0 aliphatic carbocycles. The molecule has 1 aliphatic rings. The fourth-order valence-corrected chi connectivity index (χ4v) is 2.98. The largest absolute Gasteiger partial charge is 0.338 e. The van der Waals surface area contributed by atoms with E-state index < -0.39 is 0 Å². The number of carbonyl (C=O) groups is 2. The number of rotatable bonds is 4. The number of amides is 3. The van der Waals surface area contributed by atoms with Crippen LogP contribution >= 0.6 is 0 Å². The van der Waals surface area contributed by atoms with Gasteiger partial charge in [0.25, 0.3) is 0 Å². The first-order valence-electron chi connectivity index (χ1n) is 8.58. The maximum atomic E-state index is 12.6. The highest BCUT2D eigenvalue weighted by Gasteiger charge is 2.27. The molecule has 1 saturated heterocycles. The van der Waals surface area contributed by atoms with Gasteiger partial charge in [-0.25, -0.2) is 4.79 Å². The van der Waals surface area contributed by atoms with Crippen molar-refractivity contribution in [1.29, 1.82) is 0 Å². The van der Waals surface area contributed by atoms with Crippen molar-refractivity contribution in [1.82, 2.24) is 15.1 Å². The van der Waals surface area contributed by atoms with Crippen LogP contribution in [0.5, 0.6) is 0 Å². The van der Waals surface area contributed by atoms with Gasteiger partial charge in [0.05, 0.1) is 6.04 Å². The van der Waals surface area contributed by atoms with Crippen molar-refractivity contribution in [2.24, 2.45) is 0 Å². The van der Waals surface area contributed by atoms with Gasteiger partial charge in [-0.15, -0.1) is 0 Å². The standard InChI is InChI=1S/C18H28N4O2/c1-5-19-18(24)22-11-9-21(10-12-22)15(4)17(23)20-16-13(2)7-6-8-14(16)3/h6-8,15H,5,9-12H2,1-4H3,(H,19,24)(H,20,23). The van der Waals surface area contributed by atoms with E-state index in [0.717, 1.165) is 16.8 Å². The Labute approximate surface area is 144 Å². The summed E-state index contributed by atoms with van der Waals surface area (Å²) in [5, 5.41) is 5.87. The highest BCUT2D eigenvalue weighted by molar-refractivity contribution is 5.95. The Kier molecular flexibility index (Phi) is 6.20. The molecule has 6 nitrogen and oxygen atoms in total.